The van der Waals surface area contributed by atoms with Crippen molar-refractivity contribution in [3.63, 3.8) is 0 Å². The zero-order valence-corrected chi connectivity index (χ0v) is 14.5. The van der Waals surface area contributed by atoms with Crippen LogP contribution in [0.15, 0.2) is 48.5 Å². The van der Waals surface area contributed by atoms with E-state index >= 15 is 0 Å². The lowest BCUT2D eigenvalue weighted by atomic mass is 9.92. The van der Waals surface area contributed by atoms with Crippen LogP contribution in [0.2, 0.25) is 0 Å². The highest BCUT2D eigenvalue weighted by molar-refractivity contribution is 5.79. The molecule has 1 fully saturated rings. The number of hydrogen-bond acceptors (Lipinski definition) is 3. The van der Waals surface area contributed by atoms with Crippen LogP contribution >= 0.6 is 0 Å². The van der Waals surface area contributed by atoms with E-state index in [9.17, 15) is 4.79 Å². The maximum Gasteiger partial charge on any atom is 0.227 e. The van der Waals surface area contributed by atoms with Crippen LogP contribution in [0.5, 0.6) is 0 Å². The van der Waals surface area contributed by atoms with Crippen LogP contribution < -0.4 is 10.6 Å². The smallest absolute Gasteiger partial charge is 0.227 e. The number of carbonyl (C=O) groups excluding carboxylic acids is 1. The number of piperazine rings is 1. The van der Waals surface area contributed by atoms with E-state index in [1.54, 1.807) is 0 Å². The number of nitrogens with one attached hydrogen (secondary N) is 2. The van der Waals surface area contributed by atoms with Gasteiger partial charge >= 0.3 is 0 Å². The van der Waals surface area contributed by atoms with Crippen LogP contribution in [-0.2, 0) is 17.6 Å². The first-order chi connectivity index (χ1) is 12.3. The van der Waals surface area contributed by atoms with Crippen molar-refractivity contribution < 1.29 is 4.79 Å². The second-order valence-corrected chi connectivity index (χ2v) is 6.95. The fourth-order valence-electron chi connectivity index (χ4n) is 3.80. The standard InChI is InChI=1S/C21H25N3O/c25-21(24-12-10-22-11-13-24)15-16-6-8-20-18(14-16)7-9-19(23-20)17-4-2-1-3-5-17/h1-6,8,14,19,22-23H,7,9-13,15H2. The Balaban J connectivity index is 1.44. The lowest BCUT2D eigenvalue weighted by molar-refractivity contribution is -0.131. The van der Waals surface area contributed by atoms with E-state index in [2.05, 4.69) is 59.2 Å². The molecule has 2 N–H and O–H groups in total. The largest absolute Gasteiger partial charge is 0.378 e. The van der Waals surface area contributed by atoms with Gasteiger partial charge in [0.1, 0.15) is 0 Å². The monoisotopic (exact) mass is 335 g/mol. The lowest BCUT2D eigenvalue weighted by Crippen LogP contribution is -2.46. The van der Waals surface area contributed by atoms with Crippen molar-refractivity contribution in [3.8, 4) is 0 Å². The highest BCUT2D eigenvalue weighted by Crippen LogP contribution is 2.33. The molecular formula is C21H25N3O. The van der Waals surface area contributed by atoms with Gasteiger partial charge in [-0.1, -0.05) is 42.5 Å². The molecule has 0 aliphatic carbocycles. The topological polar surface area (TPSA) is 44.4 Å². The minimum absolute atomic E-state index is 0.243. The molecule has 1 atom stereocenters. The normalized spacial score (nSPS) is 19.8. The van der Waals surface area contributed by atoms with Crippen molar-refractivity contribution in [2.24, 2.45) is 0 Å². The molecule has 130 valence electrons. The molecule has 0 aromatic heterocycles. The SMILES string of the molecule is O=C(Cc1ccc2c(c1)CCC(c1ccccc1)N2)N1CCNCC1. The minimum atomic E-state index is 0.243. The Kier molecular flexibility index (Phi) is 4.70. The summed E-state index contributed by atoms with van der Waals surface area (Å²) in [5, 5.41) is 6.94. The van der Waals surface area contributed by atoms with Gasteiger partial charge in [-0.3, -0.25) is 4.79 Å². The van der Waals surface area contributed by atoms with Crippen LogP contribution in [0.4, 0.5) is 5.69 Å². The van der Waals surface area contributed by atoms with Gasteiger partial charge < -0.3 is 15.5 Å². The molecule has 1 unspecified atom stereocenters. The highest BCUT2D eigenvalue weighted by Gasteiger charge is 2.21. The Morgan fingerprint density at radius 2 is 1.88 bits per heavy atom. The fraction of sp³-hybridized carbons (Fsp3) is 0.381. The predicted molar refractivity (Wildman–Crippen MR) is 101 cm³/mol. The van der Waals surface area contributed by atoms with Crippen molar-refractivity contribution >= 4 is 11.6 Å². The Morgan fingerprint density at radius 3 is 2.68 bits per heavy atom. The Bertz CT molecular complexity index is 738. The summed E-state index contributed by atoms with van der Waals surface area (Å²) in [5.74, 6) is 0.243. The number of nitrogens with zero attached hydrogens (tertiary/aromatic N) is 1. The molecule has 0 spiro atoms. The molecule has 4 heteroatoms. The van der Waals surface area contributed by atoms with Crippen molar-refractivity contribution in [2.75, 3.05) is 31.5 Å². The molecule has 0 bridgehead atoms. The van der Waals surface area contributed by atoms with Crippen molar-refractivity contribution in [1.29, 1.82) is 0 Å². The predicted octanol–water partition coefficient (Wildman–Crippen LogP) is 2.76. The summed E-state index contributed by atoms with van der Waals surface area (Å²) in [6.07, 6.45) is 2.65. The van der Waals surface area contributed by atoms with E-state index in [0.29, 0.717) is 12.5 Å². The van der Waals surface area contributed by atoms with Gasteiger partial charge in [-0.15, -0.1) is 0 Å². The molecule has 2 aromatic rings. The third-order valence-electron chi connectivity index (χ3n) is 5.23. The summed E-state index contributed by atoms with van der Waals surface area (Å²) in [6.45, 7) is 3.45. The van der Waals surface area contributed by atoms with E-state index in [1.165, 1.54) is 16.8 Å². The fourth-order valence-corrected chi connectivity index (χ4v) is 3.80. The number of fused-ring (bicyclic) bond motifs is 1. The molecule has 0 radical (unpaired) electrons. The summed E-state index contributed by atoms with van der Waals surface area (Å²) in [6, 6.07) is 17.4. The number of aryl methyl sites for hydroxylation is 1. The summed E-state index contributed by atoms with van der Waals surface area (Å²) < 4.78 is 0. The first-order valence-electron chi connectivity index (χ1n) is 9.21. The van der Waals surface area contributed by atoms with Crippen LogP contribution in [0.3, 0.4) is 0 Å². The van der Waals surface area contributed by atoms with Gasteiger partial charge in [0.25, 0.3) is 0 Å². The summed E-state index contributed by atoms with van der Waals surface area (Å²) in [5.41, 5.74) is 5.00. The average molecular weight is 335 g/mol. The maximum atomic E-state index is 12.5. The summed E-state index contributed by atoms with van der Waals surface area (Å²) >= 11 is 0. The molecular weight excluding hydrogens is 310 g/mol. The van der Waals surface area contributed by atoms with Crippen LogP contribution in [-0.4, -0.2) is 37.0 Å². The van der Waals surface area contributed by atoms with Crippen LogP contribution in [0.1, 0.15) is 29.2 Å². The van der Waals surface area contributed by atoms with Gasteiger partial charge in [-0.05, 0) is 35.6 Å². The second-order valence-electron chi connectivity index (χ2n) is 6.95. The van der Waals surface area contributed by atoms with Gasteiger partial charge in [-0.2, -0.15) is 0 Å². The van der Waals surface area contributed by atoms with Crippen molar-refractivity contribution in [3.05, 3.63) is 65.2 Å². The molecule has 4 nitrogen and oxygen atoms in total. The molecule has 2 aromatic carbocycles. The van der Waals surface area contributed by atoms with Gasteiger partial charge in [0, 0.05) is 31.9 Å². The number of carbonyl (C=O) groups is 1. The molecule has 1 saturated heterocycles. The Hall–Kier alpha value is -2.33. The maximum absolute atomic E-state index is 12.5. The number of benzene rings is 2. The Labute approximate surface area is 149 Å². The number of hydrogen-bond donors (Lipinski definition) is 2. The van der Waals surface area contributed by atoms with E-state index in [-0.39, 0.29) is 5.91 Å². The van der Waals surface area contributed by atoms with Crippen molar-refractivity contribution in [2.45, 2.75) is 25.3 Å². The molecule has 2 aliphatic rings. The van der Waals surface area contributed by atoms with Gasteiger partial charge in [0.05, 0.1) is 12.5 Å². The summed E-state index contributed by atoms with van der Waals surface area (Å²) in [4.78, 5) is 14.4. The van der Waals surface area contributed by atoms with Gasteiger partial charge in [0.15, 0.2) is 0 Å². The zero-order valence-electron chi connectivity index (χ0n) is 14.5. The second kappa shape index (κ2) is 7.28. The van der Waals surface area contributed by atoms with E-state index in [1.807, 2.05) is 4.90 Å². The molecule has 2 heterocycles. The van der Waals surface area contributed by atoms with Crippen molar-refractivity contribution in [1.82, 2.24) is 10.2 Å². The molecule has 4 rings (SSSR count). The van der Waals surface area contributed by atoms with Crippen LogP contribution in [0.25, 0.3) is 0 Å². The number of rotatable bonds is 3. The van der Waals surface area contributed by atoms with Crippen LogP contribution in [0, 0.1) is 0 Å². The molecule has 2 aliphatic heterocycles. The third-order valence-corrected chi connectivity index (χ3v) is 5.23. The number of amides is 1. The summed E-state index contributed by atoms with van der Waals surface area (Å²) in [7, 11) is 0. The van der Waals surface area contributed by atoms with Gasteiger partial charge in [0.2, 0.25) is 5.91 Å². The molecule has 1 amide bonds. The van der Waals surface area contributed by atoms with E-state index in [4.69, 9.17) is 0 Å². The Morgan fingerprint density at radius 1 is 1.08 bits per heavy atom. The first kappa shape index (κ1) is 16.2. The van der Waals surface area contributed by atoms with E-state index < -0.39 is 0 Å². The van der Waals surface area contributed by atoms with E-state index in [0.717, 1.165) is 44.6 Å². The highest BCUT2D eigenvalue weighted by atomic mass is 16.2. The third kappa shape index (κ3) is 3.69. The number of anilines is 1. The molecule has 0 saturated carbocycles. The molecule has 25 heavy (non-hydrogen) atoms. The van der Waals surface area contributed by atoms with Gasteiger partial charge in [-0.25, -0.2) is 0 Å². The first-order valence-corrected chi connectivity index (χ1v) is 9.21. The zero-order chi connectivity index (χ0) is 17.1. The minimum Gasteiger partial charge on any atom is -0.378 e. The quantitative estimate of drug-likeness (QED) is 0.906. The lowest BCUT2D eigenvalue weighted by Gasteiger charge is -2.29. The average Bonchev–Trinajstić information content (AvgIpc) is 2.69.